The van der Waals surface area contributed by atoms with Crippen molar-refractivity contribution >= 4 is 23.4 Å². The summed E-state index contributed by atoms with van der Waals surface area (Å²) >= 11 is 7.75. The molecule has 1 N–H and O–H groups in total. The third-order valence-electron chi connectivity index (χ3n) is 2.69. The number of hydrogen-bond acceptors (Lipinski definition) is 3. The average Bonchev–Trinajstić information content (AvgIpc) is 2.31. The van der Waals surface area contributed by atoms with Crippen LogP contribution in [0.1, 0.15) is 16.8 Å². The Balaban J connectivity index is 2.33. The van der Waals surface area contributed by atoms with Crippen LogP contribution < -0.4 is 5.32 Å². The van der Waals surface area contributed by atoms with Gasteiger partial charge in [-0.1, -0.05) is 29.4 Å². The van der Waals surface area contributed by atoms with E-state index in [4.69, 9.17) is 11.6 Å². The maximum Gasteiger partial charge on any atom is 0.101 e. The molecule has 0 bridgehead atoms. The van der Waals surface area contributed by atoms with E-state index in [-0.39, 0.29) is 0 Å². The molecule has 100 valence electrons. The smallest absolute Gasteiger partial charge is 0.101 e. The minimum absolute atomic E-state index is 0.756. The van der Waals surface area contributed by atoms with Crippen LogP contribution in [0.25, 0.3) is 0 Å². The lowest BCUT2D eigenvalue weighted by Gasteiger charge is -2.10. The molecular formula is C15H17ClN2S. The summed E-state index contributed by atoms with van der Waals surface area (Å²) in [6, 6.07) is 10.2. The molecular weight excluding hydrogens is 276 g/mol. The van der Waals surface area contributed by atoms with E-state index in [0.717, 1.165) is 27.2 Å². The average molecular weight is 293 g/mol. The summed E-state index contributed by atoms with van der Waals surface area (Å²) in [7, 11) is 1.94. The highest BCUT2D eigenvalue weighted by atomic mass is 35.5. The summed E-state index contributed by atoms with van der Waals surface area (Å²) in [6.07, 6.45) is 0. The van der Waals surface area contributed by atoms with Gasteiger partial charge in [0.1, 0.15) is 5.03 Å². The first-order valence-corrected chi connectivity index (χ1v) is 7.34. The van der Waals surface area contributed by atoms with Gasteiger partial charge in [0.25, 0.3) is 0 Å². The lowest BCUT2D eigenvalue weighted by Crippen LogP contribution is -2.06. The van der Waals surface area contributed by atoms with Gasteiger partial charge in [0.15, 0.2) is 0 Å². The van der Waals surface area contributed by atoms with Crippen LogP contribution in [0.4, 0.5) is 0 Å². The summed E-state index contributed by atoms with van der Waals surface area (Å²) in [5.41, 5.74) is 3.50. The molecule has 19 heavy (non-hydrogen) atoms. The van der Waals surface area contributed by atoms with Crippen LogP contribution in [0, 0.1) is 13.8 Å². The molecule has 2 nitrogen and oxygen atoms in total. The highest BCUT2D eigenvalue weighted by molar-refractivity contribution is 7.99. The zero-order chi connectivity index (χ0) is 13.8. The SMILES string of the molecule is CNCc1ccc(Cl)cc1Sc1cc(C)cc(C)n1. The molecule has 0 fully saturated rings. The Morgan fingerprint density at radius 2 is 2.00 bits per heavy atom. The van der Waals surface area contributed by atoms with Gasteiger partial charge in [0.2, 0.25) is 0 Å². The van der Waals surface area contributed by atoms with E-state index < -0.39 is 0 Å². The van der Waals surface area contributed by atoms with Crippen molar-refractivity contribution in [3.05, 3.63) is 52.2 Å². The van der Waals surface area contributed by atoms with Gasteiger partial charge in [-0.25, -0.2) is 4.98 Å². The number of aromatic nitrogens is 1. The highest BCUT2D eigenvalue weighted by Crippen LogP contribution is 2.32. The Morgan fingerprint density at radius 3 is 2.68 bits per heavy atom. The van der Waals surface area contributed by atoms with E-state index in [0.29, 0.717) is 0 Å². The first-order valence-electron chi connectivity index (χ1n) is 6.14. The molecule has 0 unspecified atom stereocenters. The number of nitrogens with one attached hydrogen (secondary N) is 1. The molecule has 0 aliphatic rings. The van der Waals surface area contributed by atoms with Crippen molar-refractivity contribution in [3.63, 3.8) is 0 Å². The molecule has 0 saturated carbocycles. The summed E-state index contributed by atoms with van der Waals surface area (Å²) in [5, 5.41) is 4.94. The van der Waals surface area contributed by atoms with Gasteiger partial charge in [-0.3, -0.25) is 0 Å². The van der Waals surface area contributed by atoms with E-state index >= 15 is 0 Å². The standard InChI is InChI=1S/C15H17ClN2S/c1-10-6-11(2)18-15(7-10)19-14-8-13(16)5-4-12(14)9-17-3/h4-8,17H,9H2,1-3H3. The predicted molar refractivity (Wildman–Crippen MR) is 82.0 cm³/mol. The lowest BCUT2D eigenvalue weighted by molar-refractivity contribution is 0.803. The van der Waals surface area contributed by atoms with E-state index in [1.807, 2.05) is 26.1 Å². The van der Waals surface area contributed by atoms with Crippen molar-refractivity contribution in [2.45, 2.75) is 30.3 Å². The number of benzene rings is 1. The van der Waals surface area contributed by atoms with Crippen LogP contribution in [-0.2, 0) is 6.54 Å². The van der Waals surface area contributed by atoms with Gasteiger partial charge in [0, 0.05) is 22.2 Å². The normalized spacial score (nSPS) is 10.7. The zero-order valence-corrected chi connectivity index (χ0v) is 12.9. The number of aryl methyl sites for hydroxylation is 2. The Bertz CT molecular complexity index is 564. The van der Waals surface area contributed by atoms with Crippen LogP contribution in [0.15, 0.2) is 40.3 Å². The van der Waals surface area contributed by atoms with Crippen LogP contribution in [0.3, 0.4) is 0 Å². The van der Waals surface area contributed by atoms with Gasteiger partial charge in [0.05, 0.1) is 0 Å². The fourth-order valence-electron chi connectivity index (χ4n) is 1.93. The van der Waals surface area contributed by atoms with E-state index in [2.05, 4.69) is 35.4 Å². The highest BCUT2D eigenvalue weighted by Gasteiger charge is 2.07. The molecule has 4 heteroatoms. The molecule has 0 spiro atoms. The molecule has 1 aromatic carbocycles. The summed E-state index contributed by atoms with van der Waals surface area (Å²) in [4.78, 5) is 5.71. The zero-order valence-electron chi connectivity index (χ0n) is 11.3. The number of pyridine rings is 1. The second-order valence-corrected chi connectivity index (χ2v) is 6.01. The van der Waals surface area contributed by atoms with Crippen LogP contribution in [0.2, 0.25) is 5.02 Å². The van der Waals surface area contributed by atoms with Crippen LogP contribution in [-0.4, -0.2) is 12.0 Å². The fraction of sp³-hybridized carbons (Fsp3) is 0.267. The lowest BCUT2D eigenvalue weighted by atomic mass is 10.2. The second-order valence-electron chi connectivity index (χ2n) is 4.51. The Morgan fingerprint density at radius 1 is 1.21 bits per heavy atom. The largest absolute Gasteiger partial charge is 0.316 e. The van der Waals surface area contributed by atoms with E-state index in [1.165, 1.54) is 11.1 Å². The molecule has 2 rings (SSSR count). The van der Waals surface area contributed by atoms with Crippen molar-refractivity contribution in [2.24, 2.45) is 0 Å². The van der Waals surface area contributed by atoms with E-state index in [9.17, 15) is 0 Å². The topological polar surface area (TPSA) is 24.9 Å². The van der Waals surface area contributed by atoms with Crippen LogP contribution >= 0.6 is 23.4 Å². The van der Waals surface area contributed by atoms with Crippen molar-refractivity contribution < 1.29 is 0 Å². The maximum absolute atomic E-state index is 6.09. The van der Waals surface area contributed by atoms with Gasteiger partial charge < -0.3 is 5.32 Å². The monoisotopic (exact) mass is 292 g/mol. The molecule has 2 aromatic rings. The second kappa shape index (κ2) is 6.42. The minimum Gasteiger partial charge on any atom is -0.316 e. The third kappa shape index (κ3) is 3.96. The van der Waals surface area contributed by atoms with Crippen molar-refractivity contribution in [1.29, 1.82) is 0 Å². The Labute approximate surface area is 123 Å². The van der Waals surface area contributed by atoms with E-state index in [1.54, 1.807) is 11.8 Å². The van der Waals surface area contributed by atoms with Gasteiger partial charge in [-0.2, -0.15) is 0 Å². The fourth-order valence-corrected chi connectivity index (χ4v) is 3.28. The molecule has 1 aromatic heterocycles. The minimum atomic E-state index is 0.756. The molecule has 0 aliphatic carbocycles. The third-order valence-corrected chi connectivity index (χ3v) is 3.94. The number of halogens is 1. The molecule has 0 aliphatic heterocycles. The Kier molecular flexibility index (Phi) is 4.86. The first kappa shape index (κ1) is 14.4. The van der Waals surface area contributed by atoms with Crippen molar-refractivity contribution in [2.75, 3.05) is 7.05 Å². The summed E-state index contributed by atoms with van der Waals surface area (Å²) < 4.78 is 0. The molecule has 0 saturated heterocycles. The van der Waals surface area contributed by atoms with Crippen LogP contribution in [0.5, 0.6) is 0 Å². The van der Waals surface area contributed by atoms with Gasteiger partial charge in [-0.15, -0.1) is 0 Å². The number of hydrogen-bond donors (Lipinski definition) is 1. The molecule has 0 radical (unpaired) electrons. The predicted octanol–water partition coefficient (Wildman–Crippen LogP) is 4.22. The summed E-state index contributed by atoms with van der Waals surface area (Å²) in [5.74, 6) is 0. The number of nitrogens with zero attached hydrogens (tertiary/aromatic N) is 1. The van der Waals surface area contributed by atoms with Gasteiger partial charge in [-0.05, 0) is 56.3 Å². The number of rotatable bonds is 4. The quantitative estimate of drug-likeness (QED) is 0.913. The molecule has 0 atom stereocenters. The Hall–Kier alpha value is -1.03. The van der Waals surface area contributed by atoms with Gasteiger partial charge >= 0.3 is 0 Å². The summed E-state index contributed by atoms with van der Waals surface area (Å²) in [6.45, 7) is 4.93. The van der Waals surface area contributed by atoms with Crippen molar-refractivity contribution in [1.82, 2.24) is 10.3 Å². The maximum atomic E-state index is 6.09. The van der Waals surface area contributed by atoms with Crippen molar-refractivity contribution in [3.8, 4) is 0 Å². The molecule has 1 heterocycles. The first-order chi connectivity index (χ1) is 9.08. The molecule has 0 amide bonds.